The maximum absolute atomic E-state index is 12.9. The lowest BCUT2D eigenvalue weighted by molar-refractivity contribution is 0.0116. The molecule has 1 aromatic heterocycles. The highest BCUT2D eigenvalue weighted by Gasteiger charge is 2.20. The monoisotopic (exact) mass is 238 g/mol. The highest BCUT2D eigenvalue weighted by Crippen LogP contribution is 2.21. The van der Waals surface area contributed by atoms with E-state index in [1.165, 1.54) is 12.3 Å². The first-order chi connectivity index (χ1) is 8.28. The topological polar surface area (TPSA) is 34.1 Å². The van der Waals surface area contributed by atoms with Crippen LogP contribution in [0.1, 0.15) is 31.2 Å². The first-order valence-corrected chi connectivity index (χ1v) is 6.16. The Kier molecular flexibility index (Phi) is 4.45. The van der Waals surface area contributed by atoms with Gasteiger partial charge in [0.1, 0.15) is 5.82 Å². The van der Waals surface area contributed by atoms with Gasteiger partial charge in [0.05, 0.1) is 18.9 Å². The van der Waals surface area contributed by atoms with Gasteiger partial charge < -0.3 is 10.1 Å². The van der Waals surface area contributed by atoms with Gasteiger partial charge in [-0.3, -0.25) is 4.98 Å². The van der Waals surface area contributed by atoms with Gasteiger partial charge in [0.15, 0.2) is 0 Å². The number of ether oxygens (including phenoxy) is 1. The fraction of sp³-hybridized carbons (Fsp3) is 0.615. The van der Waals surface area contributed by atoms with Gasteiger partial charge in [0.2, 0.25) is 0 Å². The number of halogens is 1. The normalized spacial score (nSPS) is 24.8. The molecule has 1 heterocycles. The maximum atomic E-state index is 12.9. The van der Waals surface area contributed by atoms with E-state index < -0.39 is 0 Å². The van der Waals surface area contributed by atoms with Crippen molar-refractivity contribution in [2.24, 2.45) is 0 Å². The van der Waals surface area contributed by atoms with Crippen molar-refractivity contribution in [2.45, 2.75) is 44.4 Å². The van der Waals surface area contributed by atoms with E-state index in [4.69, 9.17) is 4.74 Å². The highest BCUT2D eigenvalue weighted by molar-refractivity contribution is 5.08. The predicted molar refractivity (Wildman–Crippen MR) is 64.1 cm³/mol. The summed E-state index contributed by atoms with van der Waals surface area (Å²) in [6.07, 6.45) is 7.64. The molecule has 0 saturated heterocycles. The molecule has 4 heteroatoms. The summed E-state index contributed by atoms with van der Waals surface area (Å²) in [6, 6.07) is 2.11. The fourth-order valence-electron chi connectivity index (χ4n) is 2.27. The van der Waals surface area contributed by atoms with Crippen LogP contribution in [0, 0.1) is 5.82 Å². The van der Waals surface area contributed by atoms with Crippen LogP contribution in [0.4, 0.5) is 4.39 Å². The molecule has 1 aliphatic carbocycles. The summed E-state index contributed by atoms with van der Waals surface area (Å²) in [5, 5.41) is 3.29. The molecular weight excluding hydrogens is 219 g/mol. The van der Waals surface area contributed by atoms with Crippen LogP contribution in [0.5, 0.6) is 0 Å². The lowest BCUT2D eigenvalue weighted by atomic mass is 9.93. The van der Waals surface area contributed by atoms with Crippen molar-refractivity contribution in [2.75, 3.05) is 7.05 Å². The Hall–Kier alpha value is -1.00. The molecule has 0 aliphatic heterocycles. The van der Waals surface area contributed by atoms with E-state index in [0.29, 0.717) is 18.8 Å². The SMILES string of the molecule is CNC1CCC(OCc2cncc(F)c2)CC1. The summed E-state index contributed by atoms with van der Waals surface area (Å²) in [6.45, 7) is 0.458. The molecule has 0 atom stereocenters. The minimum Gasteiger partial charge on any atom is -0.373 e. The summed E-state index contributed by atoms with van der Waals surface area (Å²) in [5.41, 5.74) is 0.806. The molecule has 0 unspecified atom stereocenters. The number of hydrogen-bond donors (Lipinski definition) is 1. The van der Waals surface area contributed by atoms with Crippen molar-refractivity contribution in [1.29, 1.82) is 0 Å². The average Bonchev–Trinajstić information content (AvgIpc) is 2.37. The molecular formula is C13H19FN2O. The summed E-state index contributed by atoms with van der Waals surface area (Å²) < 4.78 is 18.7. The highest BCUT2D eigenvalue weighted by atomic mass is 19.1. The molecule has 0 radical (unpaired) electrons. The number of nitrogens with zero attached hydrogens (tertiary/aromatic N) is 1. The predicted octanol–water partition coefficient (Wildman–Crippen LogP) is 2.27. The fourth-order valence-corrected chi connectivity index (χ4v) is 2.27. The Bertz CT molecular complexity index is 351. The van der Waals surface area contributed by atoms with Gasteiger partial charge in [-0.15, -0.1) is 0 Å². The Balaban J connectivity index is 1.76. The minimum atomic E-state index is -0.301. The summed E-state index contributed by atoms with van der Waals surface area (Å²) in [4.78, 5) is 3.81. The van der Waals surface area contributed by atoms with Crippen molar-refractivity contribution >= 4 is 0 Å². The van der Waals surface area contributed by atoms with Gasteiger partial charge in [0.25, 0.3) is 0 Å². The zero-order valence-electron chi connectivity index (χ0n) is 10.2. The lowest BCUT2D eigenvalue weighted by Crippen LogP contribution is -2.32. The Morgan fingerprint density at radius 2 is 2.12 bits per heavy atom. The van der Waals surface area contributed by atoms with Crippen LogP contribution in [0.25, 0.3) is 0 Å². The molecule has 1 saturated carbocycles. The molecule has 0 spiro atoms. The number of nitrogens with one attached hydrogen (secondary N) is 1. The zero-order chi connectivity index (χ0) is 12.1. The standard InChI is InChI=1S/C13H19FN2O/c1-15-12-2-4-13(5-3-12)17-9-10-6-11(14)8-16-7-10/h6-8,12-13,15H,2-5,9H2,1H3. The molecule has 2 rings (SSSR count). The van der Waals surface area contributed by atoms with E-state index in [1.807, 2.05) is 7.05 Å². The second-order valence-corrected chi connectivity index (χ2v) is 4.58. The third kappa shape index (κ3) is 3.75. The van der Waals surface area contributed by atoms with E-state index >= 15 is 0 Å². The van der Waals surface area contributed by atoms with Gasteiger partial charge in [0, 0.05) is 12.2 Å². The van der Waals surface area contributed by atoms with Crippen molar-refractivity contribution < 1.29 is 9.13 Å². The van der Waals surface area contributed by atoms with Gasteiger partial charge in [-0.25, -0.2) is 4.39 Å². The molecule has 17 heavy (non-hydrogen) atoms. The smallest absolute Gasteiger partial charge is 0.141 e. The lowest BCUT2D eigenvalue weighted by Gasteiger charge is -2.28. The largest absolute Gasteiger partial charge is 0.373 e. The van der Waals surface area contributed by atoms with Crippen LogP contribution >= 0.6 is 0 Å². The molecule has 1 aromatic rings. The van der Waals surface area contributed by atoms with Crippen LogP contribution in [0.2, 0.25) is 0 Å². The van der Waals surface area contributed by atoms with Gasteiger partial charge in [-0.2, -0.15) is 0 Å². The van der Waals surface area contributed by atoms with E-state index in [-0.39, 0.29) is 5.82 Å². The number of pyridine rings is 1. The summed E-state index contributed by atoms with van der Waals surface area (Å²) in [7, 11) is 2.00. The van der Waals surface area contributed by atoms with Crippen molar-refractivity contribution in [3.05, 3.63) is 29.8 Å². The Morgan fingerprint density at radius 1 is 1.35 bits per heavy atom. The van der Waals surface area contributed by atoms with Gasteiger partial charge in [-0.05, 0) is 44.4 Å². The minimum absolute atomic E-state index is 0.301. The maximum Gasteiger partial charge on any atom is 0.141 e. The van der Waals surface area contributed by atoms with Crippen molar-refractivity contribution in [1.82, 2.24) is 10.3 Å². The zero-order valence-corrected chi connectivity index (χ0v) is 10.2. The van der Waals surface area contributed by atoms with Gasteiger partial charge >= 0.3 is 0 Å². The molecule has 0 bridgehead atoms. The van der Waals surface area contributed by atoms with E-state index in [1.54, 1.807) is 6.20 Å². The second kappa shape index (κ2) is 6.07. The second-order valence-electron chi connectivity index (χ2n) is 4.58. The average molecular weight is 238 g/mol. The van der Waals surface area contributed by atoms with Crippen LogP contribution in [-0.2, 0) is 11.3 Å². The van der Waals surface area contributed by atoms with Crippen molar-refractivity contribution in [3.8, 4) is 0 Å². The molecule has 0 amide bonds. The first-order valence-electron chi connectivity index (χ1n) is 6.16. The number of rotatable bonds is 4. The molecule has 94 valence electrons. The van der Waals surface area contributed by atoms with Crippen LogP contribution in [-0.4, -0.2) is 24.2 Å². The number of aromatic nitrogens is 1. The first kappa shape index (κ1) is 12.5. The van der Waals surface area contributed by atoms with Crippen LogP contribution in [0.15, 0.2) is 18.5 Å². The Labute approximate surface area is 101 Å². The molecule has 1 fully saturated rings. The summed E-state index contributed by atoms with van der Waals surface area (Å²) in [5.74, 6) is -0.301. The molecule has 3 nitrogen and oxygen atoms in total. The quantitative estimate of drug-likeness (QED) is 0.873. The third-order valence-corrected chi connectivity index (χ3v) is 3.33. The summed E-state index contributed by atoms with van der Waals surface area (Å²) >= 11 is 0. The molecule has 1 N–H and O–H groups in total. The third-order valence-electron chi connectivity index (χ3n) is 3.33. The van der Waals surface area contributed by atoms with Crippen LogP contribution in [0.3, 0.4) is 0 Å². The molecule has 1 aliphatic rings. The van der Waals surface area contributed by atoms with Gasteiger partial charge in [-0.1, -0.05) is 0 Å². The van der Waals surface area contributed by atoms with Crippen molar-refractivity contribution in [3.63, 3.8) is 0 Å². The van der Waals surface area contributed by atoms with E-state index in [9.17, 15) is 4.39 Å². The number of hydrogen-bond acceptors (Lipinski definition) is 3. The van der Waals surface area contributed by atoms with Crippen LogP contribution < -0.4 is 5.32 Å². The van der Waals surface area contributed by atoms with E-state index in [0.717, 1.165) is 31.2 Å². The Morgan fingerprint density at radius 3 is 2.76 bits per heavy atom. The van der Waals surface area contributed by atoms with E-state index in [2.05, 4.69) is 10.3 Å². The molecule has 0 aromatic carbocycles.